The van der Waals surface area contributed by atoms with Crippen molar-refractivity contribution >= 4 is 33.7 Å². The van der Waals surface area contributed by atoms with Gasteiger partial charge in [-0.1, -0.05) is 81.8 Å². The van der Waals surface area contributed by atoms with Gasteiger partial charge in [0.2, 0.25) is 0 Å². The summed E-state index contributed by atoms with van der Waals surface area (Å²) in [5, 5.41) is 16.2. The molecule has 34 heavy (non-hydrogen) atoms. The number of benzene rings is 3. The van der Waals surface area contributed by atoms with Crippen molar-refractivity contribution < 1.29 is 24.0 Å². The molecule has 1 heterocycles. The second-order valence-electron chi connectivity index (χ2n) is 7.59. The van der Waals surface area contributed by atoms with Gasteiger partial charge in [-0.3, -0.25) is 5.32 Å². The molecule has 3 aromatic carbocycles. The molecule has 4 rings (SSSR count). The lowest BCUT2D eigenvalue weighted by Gasteiger charge is -2.09. The first-order valence-electron chi connectivity index (χ1n) is 10.5. The Balaban J connectivity index is 1.47. The first kappa shape index (κ1) is 23.3. The Labute approximate surface area is 204 Å². The molecule has 172 valence electrons. The zero-order chi connectivity index (χ0) is 24.1. The second-order valence-corrected chi connectivity index (χ2v) is 8.45. The third-order valence-corrected chi connectivity index (χ3v) is 6.05. The number of ether oxygens (including phenoxy) is 1. The number of anilines is 1. The molecule has 0 aliphatic rings. The van der Waals surface area contributed by atoms with E-state index < -0.39 is 12.1 Å². The van der Waals surface area contributed by atoms with Crippen LogP contribution < -0.4 is 5.32 Å². The predicted molar refractivity (Wildman–Crippen MR) is 131 cm³/mol. The van der Waals surface area contributed by atoms with Gasteiger partial charge < -0.3 is 14.4 Å². The summed E-state index contributed by atoms with van der Waals surface area (Å²) in [7, 11) is 0. The highest BCUT2D eigenvalue weighted by molar-refractivity contribution is 9.10. The van der Waals surface area contributed by atoms with Crippen LogP contribution in [-0.4, -0.2) is 22.3 Å². The van der Waals surface area contributed by atoms with Gasteiger partial charge in [-0.15, -0.1) is 0 Å². The lowest BCUT2D eigenvalue weighted by Crippen LogP contribution is -2.14. The normalized spacial score (nSPS) is 10.6. The minimum atomic E-state index is -0.951. The van der Waals surface area contributed by atoms with Crippen LogP contribution in [0.5, 0.6) is 0 Å². The van der Waals surface area contributed by atoms with Gasteiger partial charge in [-0.25, -0.2) is 9.59 Å². The van der Waals surface area contributed by atoms with Crippen LogP contribution in [0, 0.1) is 6.92 Å². The number of aryl methyl sites for hydroxylation is 1. The number of carboxylic acids is 1. The van der Waals surface area contributed by atoms with Gasteiger partial charge >= 0.3 is 12.1 Å². The van der Waals surface area contributed by atoms with E-state index >= 15 is 0 Å². The smallest absolute Gasteiger partial charge is 0.412 e. The number of hydrogen-bond donors (Lipinski definition) is 2. The Morgan fingerprint density at radius 1 is 1.00 bits per heavy atom. The number of carbonyl (C=O) groups excluding carboxylic acids is 1. The van der Waals surface area contributed by atoms with E-state index in [-0.39, 0.29) is 12.2 Å². The summed E-state index contributed by atoms with van der Waals surface area (Å²) in [4.78, 5) is 23.9. The fourth-order valence-corrected chi connectivity index (χ4v) is 3.90. The summed E-state index contributed by atoms with van der Waals surface area (Å²) in [5.74, 6) is -0.500. The van der Waals surface area contributed by atoms with E-state index in [4.69, 9.17) is 9.26 Å². The van der Waals surface area contributed by atoms with E-state index in [2.05, 4.69) is 26.4 Å². The average molecular weight is 521 g/mol. The van der Waals surface area contributed by atoms with Crippen LogP contribution in [0.25, 0.3) is 11.3 Å². The van der Waals surface area contributed by atoms with Crippen molar-refractivity contribution in [3.8, 4) is 11.3 Å². The maximum absolute atomic E-state index is 12.4. The van der Waals surface area contributed by atoms with Gasteiger partial charge in [0.1, 0.15) is 18.0 Å². The highest BCUT2D eigenvalue weighted by Crippen LogP contribution is 2.31. The van der Waals surface area contributed by atoms with E-state index in [9.17, 15) is 14.7 Å². The van der Waals surface area contributed by atoms with Crippen molar-refractivity contribution in [1.82, 2.24) is 5.16 Å². The monoisotopic (exact) mass is 520 g/mol. The van der Waals surface area contributed by atoms with Gasteiger partial charge in [-0.2, -0.15) is 0 Å². The van der Waals surface area contributed by atoms with Crippen LogP contribution in [0.2, 0.25) is 0 Å². The van der Waals surface area contributed by atoms with Crippen molar-refractivity contribution in [3.05, 3.63) is 105 Å². The standard InChI is InChI=1S/C26H21BrN2O5/c1-16-23(28-26(32)33-15-20-7-3-5-9-22(20)27)24(29-34-16)18-12-10-17(11-13-18)14-19-6-2-4-8-21(19)25(30)31/h2-13H,14-15H2,1H3,(H,28,32)(H,30,31). The molecule has 0 unspecified atom stereocenters. The van der Waals surface area contributed by atoms with Crippen molar-refractivity contribution in [1.29, 1.82) is 0 Å². The van der Waals surface area contributed by atoms with Gasteiger partial charge in [0.25, 0.3) is 0 Å². The average Bonchev–Trinajstić information content (AvgIpc) is 3.19. The number of amides is 1. The Bertz CT molecular complexity index is 1330. The van der Waals surface area contributed by atoms with Crippen molar-refractivity contribution in [2.75, 3.05) is 5.32 Å². The van der Waals surface area contributed by atoms with Crippen LogP contribution >= 0.6 is 15.9 Å². The first-order valence-corrected chi connectivity index (χ1v) is 11.3. The topological polar surface area (TPSA) is 102 Å². The number of halogens is 1. The summed E-state index contributed by atoms with van der Waals surface area (Å²) in [6.07, 6.45) is -0.141. The predicted octanol–water partition coefficient (Wildman–Crippen LogP) is 6.45. The molecule has 1 aromatic heterocycles. The first-order chi connectivity index (χ1) is 16.4. The van der Waals surface area contributed by atoms with Crippen molar-refractivity contribution in [2.24, 2.45) is 0 Å². The third-order valence-electron chi connectivity index (χ3n) is 5.28. The maximum Gasteiger partial charge on any atom is 0.412 e. The number of rotatable bonds is 7. The molecule has 4 aromatic rings. The lowest BCUT2D eigenvalue weighted by atomic mass is 9.98. The Morgan fingerprint density at radius 2 is 1.68 bits per heavy atom. The Kier molecular flexibility index (Phi) is 7.08. The van der Waals surface area contributed by atoms with Crippen molar-refractivity contribution in [3.63, 3.8) is 0 Å². The highest BCUT2D eigenvalue weighted by atomic mass is 79.9. The van der Waals surface area contributed by atoms with Crippen molar-refractivity contribution in [2.45, 2.75) is 20.0 Å². The second kappa shape index (κ2) is 10.4. The molecule has 0 saturated heterocycles. The fourth-order valence-electron chi connectivity index (χ4n) is 3.50. The van der Waals surface area contributed by atoms with Crippen LogP contribution in [-0.2, 0) is 17.8 Å². The minimum Gasteiger partial charge on any atom is -0.478 e. The molecule has 8 heteroatoms. The summed E-state index contributed by atoms with van der Waals surface area (Å²) >= 11 is 3.43. The van der Waals surface area contributed by atoms with Crippen LogP contribution in [0.4, 0.5) is 10.5 Å². The van der Waals surface area contributed by atoms with E-state index in [1.54, 1.807) is 25.1 Å². The molecule has 0 spiro atoms. The molecule has 1 amide bonds. The highest BCUT2D eigenvalue weighted by Gasteiger charge is 2.18. The number of nitrogens with zero attached hydrogens (tertiary/aromatic N) is 1. The Hall–Kier alpha value is -3.91. The SMILES string of the molecule is Cc1onc(-c2ccc(Cc3ccccc3C(=O)O)cc2)c1NC(=O)OCc1ccccc1Br. The molecule has 0 aliphatic heterocycles. The molecule has 7 nitrogen and oxygen atoms in total. The van der Waals surface area contributed by atoms with Gasteiger partial charge in [0.05, 0.1) is 5.56 Å². The fraction of sp³-hybridized carbons (Fsp3) is 0.115. The van der Waals surface area contributed by atoms with Crippen LogP contribution in [0.15, 0.2) is 81.8 Å². The number of aromatic carboxylic acids is 1. The largest absolute Gasteiger partial charge is 0.478 e. The van der Waals surface area contributed by atoms with Crippen LogP contribution in [0.1, 0.15) is 32.8 Å². The number of carboxylic acid groups (broad SMARTS) is 1. The molecule has 2 N–H and O–H groups in total. The molecule has 0 radical (unpaired) electrons. The molecular formula is C26H21BrN2O5. The van der Waals surface area contributed by atoms with E-state index in [0.717, 1.165) is 26.7 Å². The van der Waals surface area contributed by atoms with E-state index in [1.807, 2.05) is 54.6 Å². The van der Waals surface area contributed by atoms with Gasteiger partial charge in [0.15, 0.2) is 5.76 Å². The Morgan fingerprint density at radius 3 is 2.38 bits per heavy atom. The molecular weight excluding hydrogens is 500 g/mol. The van der Waals surface area contributed by atoms with Gasteiger partial charge in [-0.05, 0) is 36.6 Å². The lowest BCUT2D eigenvalue weighted by molar-refractivity contribution is 0.0695. The number of aromatic nitrogens is 1. The minimum absolute atomic E-state index is 0.111. The zero-order valence-electron chi connectivity index (χ0n) is 18.2. The summed E-state index contributed by atoms with van der Waals surface area (Å²) < 4.78 is 11.5. The zero-order valence-corrected chi connectivity index (χ0v) is 19.8. The number of carbonyl (C=O) groups is 2. The van der Waals surface area contributed by atoms with Crippen LogP contribution in [0.3, 0.4) is 0 Å². The number of nitrogens with one attached hydrogen (secondary N) is 1. The molecule has 0 saturated carbocycles. The summed E-state index contributed by atoms with van der Waals surface area (Å²) in [6.45, 7) is 1.82. The molecule has 0 aliphatic carbocycles. The third kappa shape index (κ3) is 5.35. The molecule has 0 atom stereocenters. The number of hydrogen-bond acceptors (Lipinski definition) is 5. The molecule has 0 fully saturated rings. The summed E-state index contributed by atoms with van der Waals surface area (Å²) in [6, 6.07) is 21.9. The maximum atomic E-state index is 12.4. The molecule has 0 bridgehead atoms. The van der Waals surface area contributed by atoms with E-state index in [1.165, 1.54) is 0 Å². The summed E-state index contributed by atoms with van der Waals surface area (Å²) in [5.41, 5.74) is 4.46. The quantitative estimate of drug-likeness (QED) is 0.290. The van der Waals surface area contributed by atoms with Gasteiger partial charge in [0, 0.05) is 15.6 Å². The van der Waals surface area contributed by atoms with E-state index in [0.29, 0.717) is 23.6 Å².